The van der Waals surface area contributed by atoms with Gasteiger partial charge in [-0.25, -0.2) is 0 Å². The molecule has 0 aliphatic heterocycles. The molecule has 1 amide bonds. The summed E-state index contributed by atoms with van der Waals surface area (Å²) in [6.07, 6.45) is 0. The van der Waals surface area contributed by atoms with E-state index in [9.17, 15) is 4.79 Å². The molecule has 0 aromatic heterocycles. The fourth-order valence-electron chi connectivity index (χ4n) is 1.97. The van der Waals surface area contributed by atoms with Crippen LogP contribution in [0, 0.1) is 18.8 Å². The molecule has 0 spiro atoms. The van der Waals surface area contributed by atoms with Gasteiger partial charge in [0, 0.05) is 19.3 Å². The zero-order valence-corrected chi connectivity index (χ0v) is 12.0. The summed E-state index contributed by atoms with van der Waals surface area (Å²) < 4.78 is 0. The third-order valence-corrected chi connectivity index (χ3v) is 3.30. The molecule has 3 heteroatoms. The Labute approximate surface area is 110 Å². The zero-order valence-electron chi connectivity index (χ0n) is 12.0. The number of rotatable bonds is 5. The number of aryl methyl sites for hydroxylation is 1. The summed E-state index contributed by atoms with van der Waals surface area (Å²) >= 11 is 0. The molecule has 1 rings (SSSR count). The lowest BCUT2D eigenvalue weighted by molar-refractivity contribution is -0.123. The van der Waals surface area contributed by atoms with Gasteiger partial charge >= 0.3 is 0 Å². The molecule has 1 aromatic carbocycles. The number of hydrogen-bond donors (Lipinski definition) is 1. The first kappa shape index (κ1) is 14.7. The highest BCUT2D eigenvalue weighted by molar-refractivity contribution is 5.94. The van der Waals surface area contributed by atoms with E-state index in [0.29, 0.717) is 12.5 Å². The first-order valence-corrected chi connectivity index (χ1v) is 6.46. The van der Waals surface area contributed by atoms with Gasteiger partial charge in [-0.05, 0) is 32.0 Å². The molecule has 0 heterocycles. The van der Waals surface area contributed by atoms with Gasteiger partial charge in [-0.1, -0.05) is 31.5 Å². The Morgan fingerprint density at radius 1 is 1.28 bits per heavy atom. The lowest BCUT2D eigenvalue weighted by Crippen LogP contribution is -2.40. The molecule has 1 unspecified atom stereocenters. The molecular formula is C15H24N2O. The van der Waals surface area contributed by atoms with Crippen LogP contribution in [0.3, 0.4) is 0 Å². The van der Waals surface area contributed by atoms with E-state index in [1.807, 2.05) is 45.3 Å². The van der Waals surface area contributed by atoms with Crippen LogP contribution in [0.1, 0.15) is 19.4 Å². The Morgan fingerprint density at radius 3 is 2.28 bits per heavy atom. The normalized spacial score (nSPS) is 12.6. The van der Waals surface area contributed by atoms with Gasteiger partial charge in [0.05, 0.1) is 5.92 Å². The largest absolute Gasteiger partial charge is 0.319 e. The summed E-state index contributed by atoms with van der Waals surface area (Å²) in [5.41, 5.74) is 2.16. The molecular weight excluding hydrogens is 224 g/mol. The Bertz CT molecular complexity index is 384. The Morgan fingerprint density at radius 2 is 1.83 bits per heavy atom. The molecule has 0 saturated carbocycles. The van der Waals surface area contributed by atoms with E-state index in [1.54, 1.807) is 4.90 Å². The minimum Gasteiger partial charge on any atom is -0.319 e. The third-order valence-electron chi connectivity index (χ3n) is 3.30. The van der Waals surface area contributed by atoms with Crippen LogP contribution in [-0.2, 0) is 4.79 Å². The van der Waals surface area contributed by atoms with Crippen molar-refractivity contribution in [2.45, 2.75) is 20.8 Å². The zero-order chi connectivity index (χ0) is 13.7. The van der Waals surface area contributed by atoms with Gasteiger partial charge in [0.25, 0.3) is 0 Å². The van der Waals surface area contributed by atoms with Crippen LogP contribution in [0.4, 0.5) is 5.69 Å². The number of nitrogens with one attached hydrogen (secondary N) is 1. The van der Waals surface area contributed by atoms with Crippen molar-refractivity contribution in [2.75, 3.05) is 25.5 Å². The van der Waals surface area contributed by atoms with Crippen molar-refractivity contribution >= 4 is 11.6 Å². The molecule has 1 N–H and O–H groups in total. The molecule has 18 heavy (non-hydrogen) atoms. The van der Waals surface area contributed by atoms with Gasteiger partial charge in [-0.3, -0.25) is 4.79 Å². The van der Waals surface area contributed by atoms with E-state index in [2.05, 4.69) is 19.2 Å². The van der Waals surface area contributed by atoms with E-state index in [1.165, 1.54) is 5.56 Å². The van der Waals surface area contributed by atoms with Gasteiger partial charge in [0.2, 0.25) is 5.91 Å². The number of anilines is 1. The average molecular weight is 248 g/mol. The topological polar surface area (TPSA) is 32.3 Å². The minimum atomic E-state index is 0.0151. The lowest BCUT2D eigenvalue weighted by atomic mass is 9.94. The summed E-state index contributed by atoms with van der Waals surface area (Å²) in [6.45, 7) is 6.93. The van der Waals surface area contributed by atoms with Crippen LogP contribution in [0.5, 0.6) is 0 Å². The van der Waals surface area contributed by atoms with Crippen LogP contribution in [-0.4, -0.2) is 26.5 Å². The first-order valence-electron chi connectivity index (χ1n) is 6.46. The molecule has 0 aliphatic rings. The van der Waals surface area contributed by atoms with E-state index in [4.69, 9.17) is 0 Å². The van der Waals surface area contributed by atoms with Gasteiger partial charge in [-0.2, -0.15) is 0 Å². The highest BCUT2D eigenvalue weighted by atomic mass is 16.2. The lowest BCUT2D eigenvalue weighted by Gasteiger charge is -2.26. The molecule has 0 saturated heterocycles. The predicted molar refractivity (Wildman–Crippen MR) is 76.8 cm³/mol. The number of benzene rings is 1. The quantitative estimate of drug-likeness (QED) is 0.868. The van der Waals surface area contributed by atoms with Gasteiger partial charge in [0.15, 0.2) is 0 Å². The highest BCUT2D eigenvalue weighted by Gasteiger charge is 2.25. The Kier molecular flexibility index (Phi) is 5.35. The van der Waals surface area contributed by atoms with Crippen LogP contribution in [0.2, 0.25) is 0 Å². The van der Waals surface area contributed by atoms with Crippen molar-refractivity contribution < 1.29 is 4.79 Å². The SMILES string of the molecule is CNCC(C(=O)N(C)c1ccc(C)cc1)C(C)C. The first-order chi connectivity index (χ1) is 8.47. The standard InChI is InChI=1S/C15H24N2O/c1-11(2)14(10-16-4)15(18)17(5)13-8-6-12(3)7-9-13/h6-9,11,14,16H,10H2,1-5H3. The Hall–Kier alpha value is -1.35. The number of carbonyl (C=O) groups is 1. The Balaban J connectivity index is 2.84. The van der Waals surface area contributed by atoms with E-state index >= 15 is 0 Å². The van der Waals surface area contributed by atoms with Gasteiger partial charge in [0.1, 0.15) is 0 Å². The fraction of sp³-hybridized carbons (Fsp3) is 0.533. The van der Waals surface area contributed by atoms with E-state index in [-0.39, 0.29) is 11.8 Å². The van der Waals surface area contributed by atoms with Crippen molar-refractivity contribution in [3.8, 4) is 0 Å². The molecule has 1 atom stereocenters. The minimum absolute atomic E-state index is 0.0151. The average Bonchev–Trinajstić information content (AvgIpc) is 2.35. The third kappa shape index (κ3) is 3.57. The van der Waals surface area contributed by atoms with Crippen molar-refractivity contribution in [3.63, 3.8) is 0 Å². The maximum absolute atomic E-state index is 12.4. The van der Waals surface area contributed by atoms with E-state index < -0.39 is 0 Å². The predicted octanol–water partition coefficient (Wildman–Crippen LogP) is 2.45. The smallest absolute Gasteiger partial charge is 0.231 e. The highest BCUT2D eigenvalue weighted by Crippen LogP contribution is 2.19. The van der Waals surface area contributed by atoms with Crippen molar-refractivity contribution in [1.29, 1.82) is 0 Å². The fourth-order valence-corrected chi connectivity index (χ4v) is 1.97. The maximum atomic E-state index is 12.4. The summed E-state index contributed by atoms with van der Waals surface area (Å²) in [6, 6.07) is 8.04. The van der Waals surface area contributed by atoms with Crippen molar-refractivity contribution in [3.05, 3.63) is 29.8 Å². The summed E-state index contributed by atoms with van der Waals surface area (Å²) in [4.78, 5) is 14.2. The maximum Gasteiger partial charge on any atom is 0.231 e. The molecule has 0 radical (unpaired) electrons. The number of hydrogen-bond acceptors (Lipinski definition) is 2. The number of nitrogens with zero attached hydrogens (tertiary/aromatic N) is 1. The molecule has 3 nitrogen and oxygen atoms in total. The molecule has 0 aliphatic carbocycles. The molecule has 100 valence electrons. The van der Waals surface area contributed by atoms with E-state index in [0.717, 1.165) is 5.69 Å². The second kappa shape index (κ2) is 6.55. The molecule has 0 fully saturated rings. The summed E-state index contributed by atoms with van der Waals surface area (Å²) in [5.74, 6) is 0.516. The molecule has 0 bridgehead atoms. The van der Waals surface area contributed by atoms with Crippen molar-refractivity contribution in [1.82, 2.24) is 5.32 Å². The number of amides is 1. The number of carbonyl (C=O) groups excluding carboxylic acids is 1. The van der Waals surface area contributed by atoms with Gasteiger partial charge < -0.3 is 10.2 Å². The second-order valence-electron chi connectivity index (χ2n) is 5.14. The van der Waals surface area contributed by atoms with Crippen LogP contribution in [0.15, 0.2) is 24.3 Å². The van der Waals surface area contributed by atoms with Crippen LogP contribution in [0.25, 0.3) is 0 Å². The van der Waals surface area contributed by atoms with Crippen molar-refractivity contribution in [2.24, 2.45) is 11.8 Å². The van der Waals surface area contributed by atoms with Crippen LogP contribution >= 0.6 is 0 Å². The summed E-state index contributed by atoms with van der Waals surface area (Å²) in [5, 5.41) is 3.10. The van der Waals surface area contributed by atoms with Gasteiger partial charge in [-0.15, -0.1) is 0 Å². The van der Waals surface area contributed by atoms with Crippen LogP contribution < -0.4 is 10.2 Å². The second-order valence-corrected chi connectivity index (χ2v) is 5.14. The molecule has 1 aromatic rings. The summed E-state index contributed by atoms with van der Waals surface area (Å²) in [7, 11) is 3.73. The monoisotopic (exact) mass is 248 g/mol.